The molecule has 0 aliphatic rings. The van der Waals surface area contributed by atoms with Crippen LogP contribution in [0.25, 0.3) is 0 Å². The van der Waals surface area contributed by atoms with E-state index in [4.69, 9.17) is 9.76 Å². The number of rotatable bonds is 8. The summed E-state index contributed by atoms with van der Waals surface area (Å²) in [5, 5.41) is 18.7. The lowest BCUT2D eigenvalue weighted by Crippen LogP contribution is -2.49. The van der Waals surface area contributed by atoms with E-state index in [-0.39, 0.29) is 18.0 Å². The molecule has 8 heteroatoms. The highest BCUT2D eigenvalue weighted by Gasteiger charge is 2.35. The van der Waals surface area contributed by atoms with Crippen LogP contribution in [0.5, 0.6) is 0 Å². The SMILES string of the molecule is CC(C)(O)C(C)(C)O[B]c1ccc(S(=O)(=O)NCCO)cc1. The van der Waals surface area contributed by atoms with Gasteiger partial charge >= 0.3 is 7.48 Å². The van der Waals surface area contributed by atoms with Crippen LogP contribution < -0.4 is 10.2 Å². The second kappa shape index (κ2) is 7.10. The molecule has 0 aliphatic carbocycles. The van der Waals surface area contributed by atoms with Crippen LogP contribution in [0.1, 0.15) is 27.7 Å². The van der Waals surface area contributed by atoms with E-state index in [1.165, 1.54) is 19.6 Å². The minimum absolute atomic E-state index is 0.0287. The average Bonchev–Trinajstić information content (AvgIpc) is 2.42. The number of sulfonamides is 1. The van der Waals surface area contributed by atoms with Gasteiger partial charge in [0.25, 0.3) is 0 Å². The largest absolute Gasteiger partial charge is 0.427 e. The van der Waals surface area contributed by atoms with Gasteiger partial charge in [0, 0.05) is 6.54 Å². The molecule has 0 aromatic heterocycles. The van der Waals surface area contributed by atoms with Crippen molar-refractivity contribution in [2.45, 2.75) is 43.8 Å². The molecular formula is C14H23BNO5S. The molecule has 1 radical (unpaired) electrons. The van der Waals surface area contributed by atoms with Crippen LogP contribution in [-0.4, -0.2) is 50.5 Å². The number of hydrogen-bond acceptors (Lipinski definition) is 5. The average molecular weight is 328 g/mol. The second-order valence-electron chi connectivity index (χ2n) is 6.00. The van der Waals surface area contributed by atoms with E-state index in [1.54, 1.807) is 39.8 Å². The summed E-state index contributed by atoms with van der Waals surface area (Å²) >= 11 is 0. The molecule has 0 bridgehead atoms. The van der Waals surface area contributed by atoms with Gasteiger partial charge in [-0.2, -0.15) is 0 Å². The summed E-state index contributed by atoms with van der Waals surface area (Å²) in [7, 11) is -2.13. The van der Waals surface area contributed by atoms with Crippen molar-refractivity contribution in [2.75, 3.05) is 13.2 Å². The Kier molecular flexibility index (Phi) is 6.17. The van der Waals surface area contributed by atoms with Crippen molar-refractivity contribution >= 4 is 23.0 Å². The highest BCUT2D eigenvalue weighted by molar-refractivity contribution is 7.89. The first-order chi connectivity index (χ1) is 9.99. The Hall–Kier alpha value is -0.925. The van der Waals surface area contributed by atoms with Gasteiger partial charge < -0.3 is 14.9 Å². The predicted molar refractivity (Wildman–Crippen MR) is 85.6 cm³/mol. The molecule has 123 valence electrons. The molecule has 1 aromatic rings. The third-order valence-electron chi connectivity index (χ3n) is 3.56. The maximum Gasteiger partial charge on any atom is 0.330 e. The highest BCUT2D eigenvalue weighted by atomic mass is 32.2. The van der Waals surface area contributed by atoms with Crippen LogP contribution in [0, 0.1) is 0 Å². The molecule has 0 fully saturated rings. The molecule has 0 heterocycles. The number of aliphatic hydroxyl groups excluding tert-OH is 1. The van der Waals surface area contributed by atoms with Crippen LogP contribution in [0.2, 0.25) is 0 Å². The fraction of sp³-hybridized carbons (Fsp3) is 0.571. The number of benzene rings is 1. The molecule has 3 N–H and O–H groups in total. The number of nitrogens with one attached hydrogen (secondary N) is 1. The Morgan fingerprint density at radius 1 is 1.18 bits per heavy atom. The van der Waals surface area contributed by atoms with E-state index in [9.17, 15) is 13.5 Å². The van der Waals surface area contributed by atoms with Crippen molar-refractivity contribution in [1.82, 2.24) is 4.72 Å². The predicted octanol–water partition coefficient (Wildman–Crippen LogP) is -0.232. The van der Waals surface area contributed by atoms with Gasteiger partial charge in [0.15, 0.2) is 0 Å². The Labute approximate surface area is 132 Å². The minimum Gasteiger partial charge on any atom is -0.427 e. The molecule has 0 aliphatic heterocycles. The Bertz CT molecular complexity index is 578. The fourth-order valence-corrected chi connectivity index (χ4v) is 2.37. The monoisotopic (exact) mass is 328 g/mol. The molecule has 0 amide bonds. The molecule has 0 unspecified atom stereocenters. The lowest BCUT2D eigenvalue weighted by atomic mass is 9.83. The molecule has 6 nitrogen and oxygen atoms in total. The summed E-state index contributed by atoms with van der Waals surface area (Å²) in [6.07, 6.45) is 0. The van der Waals surface area contributed by atoms with Crippen molar-refractivity contribution in [2.24, 2.45) is 0 Å². The smallest absolute Gasteiger partial charge is 0.330 e. The lowest BCUT2D eigenvalue weighted by molar-refractivity contribution is -0.0893. The van der Waals surface area contributed by atoms with E-state index in [0.29, 0.717) is 5.46 Å². The van der Waals surface area contributed by atoms with Crippen LogP contribution in [0.15, 0.2) is 29.2 Å². The topological polar surface area (TPSA) is 95.9 Å². The van der Waals surface area contributed by atoms with Gasteiger partial charge in [-0.3, -0.25) is 0 Å². The maximum absolute atomic E-state index is 11.9. The summed E-state index contributed by atoms with van der Waals surface area (Å²) < 4.78 is 31.6. The third kappa shape index (κ3) is 5.07. The van der Waals surface area contributed by atoms with E-state index < -0.39 is 21.2 Å². The van der Waals surface area contributed by atoms with Gasteiger partial charge in [-0.25, -0.2) is 13.1 Å². The fourth-order valence-electron chi connectivity index (χ4n) is 1.35. The summed E-state index contributed by atoms with van der Waals surface area (Å²) in [5.41, 5.74) is -1.14. The van der Waals surface area contributed by atoms with E-state index in [1.807, 2.05) is 0 Å². The van der Waals surface area contributed by atoms with Crippen molar-refractivity contribution in [1.29, 1.82) is 0 Å². The summed E-state index contributed by atoms with van der Waals surface area (Å²) in [5.74, 6) is 0. The zero-order chi connectivity index (χ0) is 17.0. The first-order valence-corrected chi connectivity index (χ1v) is 8.42. The van der Waals surface area contributed by atoms with Crippen molar-refractivity contribution in [3.8, 4) is 0 Å². The molecule has 1 rings (SSSR count). The van der Waals surface area contributed by atoms with Gasteiger partial charge in [-0.15, -0.1) is 0 Å². The standard InChI is InChI=1S/C14H23BNO5S/c1-13(2,18)14(3,4)21-15-11-5-7-12(8-6-11)22(19,20)16-9-10-17/h5-8,16-18H,9-10H2,1-4H3. The minimum atomic E-state index is -3.61. The molecule has 0 spiro atoms. The number of hydrogen-bond donors (Lipinski definition) is 3. The molecule has 0 saturated carbocycles. The molecule has 0 saturated heterocycles. The van der Waals surface area contributed by atoms with Crippen molar-refractivity contribution in [3.63, 3.8) is 0 Å². The van der Waals surface area contributed by atoms with E-state index in [2.05, 4.69) is 4.72 Å². The van der Waals surface area contributed by atoms with Gasteiger partial charge in [0.2, 0.25) is 10.0 Å². The van der Waals surface area contributed by atoms with E-state index in [0.717, 1.165) is 0 Å². The molecule has 22 heavy (non-hydrogen) atoms. The maximum atomic E-state index is 11.9. The Balaban J connectivity index is 2.74. The lowest BCUT2D eigenvalue weighted by Gasteiger charge is -2.37. The second-order valence-corrected chi connectivity index (χ2v) is 7.76. The quantitative estimate of drug-likeness (QED) is 0.573. The van der Waals surface area contributed by atoms with Crippen molar-refractivity contribution in [3.05, 3.63) is 24.3 Å². The molecule has 0 atom stereocenters. The third-order valence-corrected chi connectivity index (χ3v) is 5.03. The first-order valence-electron chi connectivity index (χ1n) is 6.93. The summed E-state index contributed by atoms with van der Waals surface area (Å²) in [6.45, 7) is 6.55. The van der Waals surface area contributed by atoms with Gasteiger partial charge in [0.1, 0.15) is 0 Å². The van der Waals surface area contributed by atoms with Crippen LogP contribution >= 0.6 is 0 Å². The molecular weight excluding hydrogens is 305 g/mol. The first kappa shape index (κ1) is 19.1. The van der Waals surface area contributed by atoms with Crippen LogP contribution in [0.3, 0.4) is 0 Å². The summed E-state index contributed by atoms with van der Waals surface area (Å²) in [4.78, 5) is 0.111. The van der Waals surface area contributed by atoms with Crippen LogP contribution in [0.4, 0.5) is 0 Å². The van der Waals surface area contributed by atoms with Gasteiger partial charge in [-0.05, 0) is 39.8 Å². The molecule has 1 aromatic carbocycles. The number of aliphatic hydroxyl groups is 2. The van der Waals surface area contributed by atoms with Crippen molar-refractivity contribution < 1.29 is 23.3 Å². The summed E-state index contributed by atoms with van der Waals surface area (Å²) in [6, 6.07) is 6.11. The Morgan fingerprint density at radius 2 is 1.73 bits per heavy atom. The van der Waals surface area contributed by atoms with Crippen LogP contribution in [-0.2, 0) is 14.7 Å². The van der Waals surface area contributed by atoms with Gasteiger partial charge in [0.05, 0.1) is 22.7 Å². The normalized spacial score (nSPS) is 13.2. The zero-order valence-electron chi connectivity index (χ0n) is 13.3. The van der Waals surface area contributed by atoms with Gasteiger partial charge in [-0.1, -0.05) is 17.6 Å². The zero-order valence-corrected chi connectivity index (χ0v) is 14.1. The Morgan fingerprint density at radius 3 is 2.18 bits per heavy atom. The van der Waals surface area contributed by atoms with E-state index >= 15 is 0 Å². The highest BCUT2D eigenvalue weighted by Crippen LogP contribution is 2.24.